The predicted molar refractivity (Wildman–Crippen MR) is 112 cm³/mol. The molecule has 1 aliphatic heterocycles. The number of H-pyrrole nitrogens is 1. The summed E-state index contributed by atoms with van der Waals surface area (Å²) in [6.07, 6.45) is 6.71. The number of fused-ring (bicyclic) bond motifs is 2. The quantitative estimate of drug-likeness (QED) is 0.563. The fourth-order valence-electron chi connectivity index (χ4n) is 4.20. The van der Waals surface area contributed by atoms with Gasteiger partial charge in [-0.1, -0.05) is 19.9 Å². The SMILES string of the molecule is CC(C)C(=O)N1CCC(n2c(=O)[nH]c3cnc(-c4cnn5ccccc45)nc32)CC1. The summed E-state index contributed by atoms with van der Waals surface area (Å²) in [4.78, 5) is 38.9. The number of imidazole rings is 1. The van der Waals surface area contributed by atoms with Crippen LogP contribution in [0.1, 0.15) is 32.7 Å². The number of nitrogens with zero attached hydrogens (tertiary/aromatic N) is 6. The highest BCUT2D eigenvalue weighted by Gasteiger charge is 2.27. The molecular weight excluding hydrogens is 382 g/mol. The van der Waals surface area contributed by atoms with Gasteiger partial charge in [-0.2, -0.15) is 5.10 Å². The molecule has 30 heavy (non-hydrogen) atoms. The smallest absolute Gasteiger partial charge is 0.327 e. The van der Waals surface area contributed by atoms with E-state index in [0.29, 0.717) is 30.1 Å². The number of aromatic amines is 1. The standard InChI is InChI=1S/C21H23N7O2/c1-13(2)20(29)26-9-6-14(7-10-26)28-19-16(24-21(28)30)12-22-18(25-19)15-11-23-27-8-4-3-5-17(15)27/h3-5,8,11-14H,6-7,9-10H2,1-2H3,(H,24,30). The average molecular weight is 405 g/mol. The third-order valence-corrected chi connectivity index (χ3v) is 5.76. The number of pyridine rings is 1. The lowest BCUT2D eigenvalue weighted by atomic mass is 10.0. The molecule has 0 aromatic carbocycles. The summed E-state index contributed by atoms with van der Waals surface area (Å²) < 4.78 is 3.50. The molecule has 9 heteroatoms. The molecule has 0 bridgehead atoms. The molecule has 5 rings (SSSR count). The third-order valence-electron chi connectivity index (χ3n) is 5.76. The first-order chi connectivity index (χ1) is 14.5. The van der Waals surface area contributed by atoms with Gasteiger partial charge < -0.3 is 9.88 Å². The summed E-state index contributed by atoms with van der Waals surface area (Å²) in [6.45, 7) is 5.12. The lowest BCUT2D eigenvalue weighted by molar-refractivity contribution is -0.135. The van der Waals surface area contributed by atoms with Crippen LogP contribution in [0.4, 0.5) is 0 Å². The van der Waals surface area contributed by atoms with Crippen LogP contribution in [0, 0.1) is 5.92 Å². The molecule has 1 amide bonds. The minimum Gasteiger partial charge on any atom is -0.342 e. The van der Waals surface area contributed by atoms with Crippen LogP contribution in [0.3, 0.4) is 0 Å². The maximum Gasteiger partial charge on any atom is 0.327 e. The Morgan fingerprint density at radius 3 is 2.77 bits per heavy atom. The number of amides is 1. The Hall–Kier alpha value is -3.49. The summed E-state index contributed by atoms with van der Waals surface area (Å²) in [5, 5.41) is 4.35. The van der Waals surface area contributed by atoms with Gasteiger partial charge in [0.05, 0.1) is 23.5 Å². The average Bonchev–Trinajstić information content (AvgIpc) is 3.33. The molecule has 0 saturated carbocycles. The molecule has 154 valence electrons. The van der Waals surface area contributed by atoms with Crippen LogP contribution in [-0.4, -0.2) is 53.0 Å². The number of piperidine rings is 1. The van der Waals surface area contributed by atoms with E-state index in [2.05, 4.69) is 15.1 Å². The van der Waals surface area contributed by atoms with Crippen molar-refractivity contribution in [1.82, 2.24) is 34.0 Å². The van der Waals surface area contributed by atoms with Gasteiger partial charge in [0.1, 0.15) is 5.52 Å². The monoisotopic (exact) mass is 405 g/mol. The topological polar surface area (TPSA) is 101 Å². The molecule has 0 atom stereocenters. The molecule has 0 unspecified atom stereocenters. The van der Waals surface area contributed by atoms with E-state index in [-0.39, 0.29) is 23.6 Å². The minimum absolute atomic E-state index is 0.00545. The van der Waals surface area contributed by atoms with Crippen molar-refractivity contribution in [3.8, 4) is 11.4 Å². The first-order valence-electron chi connectivity index (χ1n) is 10.2. The van der Waals surface area contributed by atoms with Gasteiger partial charge in [0.15, 0.2) is 11.5 Å². The zero-order valence-corrected chi connectivity index (χ0v) is 16.9. The molecule has 9 nitrogen and oxygen atoms in total. The largest absolute Gasteiger partial charge is 0.342 e. The molecule has 0 spiro atoms. The van der Waals surface area contributed by atoms with E-state index in [4.69, 9.17) is 4.98 Å². The normalized spacial score (nSPS) is 15.5. The lowest BCUT2D eigenvalue weighted by Gasteiger charge is -2.33. The zero-order chi connectivity index (χ0) is 20.8. The van der Waals surface area contributed by atoms with Crippen LogP contribution >= 0.6 is 0 Å². The third kappa shape index (κ3) is 2.97. The Bertz CT molecular complexity index is 1290. The molecule has 0 radical (unpaired) electrons. The van der Waals surface area contributed by atoms with Gasteiger partial charge in [-0.15, -0.1) is 0 Å². The fraction of sp³-hybridized carbons (Fsp3) is 0.381. The van der Waals surface area contributed by atoms with E-state index >= 15 is 0 Å². The van der Waals surface area contributed by atoms with Gasteiger partial charge in [0.2, 0.25) is 5.91 Å². The second-order valence-corrected chi connectivity index (χ2v) is 8.03. The predicted octanol–water partition coefficient (Wildman–Crippen LogP) is 2.25. The Morgan fingerprint density at radius 2 is 2.00 bits per heavy atom. The molecule has 4 aromatic rings. The highest BCUT2D eigenvalue weighted by molar-refractivity contribution is 5.79. The Kier molecular flexibility index (Phi) is 4.38. The van der Waals surface area contributed by atoms with E-state index < -0.39 is 0 Å². The summed E-state index contributed by atoms with van der Waals surface area (Å²) in [6, 6.07) is 5.81. The second kappa shape index (κ2) is 7.08. The van der Waals surface area contributed by atoms with Crippen LogP contribution in [0.25, 0.3) is 28.1 Å². The molecule has 0 aliphatic carbocycles. The van der Waals surface area contributed by atoms with Crippen molar-refractivity contribution >= 4 is 22.6 Å². The van der Waals surface area contributed by atoms with E-state index in [0.717, 1.165) is 23.9 Å². The number of carbonyl (C=O) groups is 1. The number of aromatic nitrogens is 6. The van der Waals surface area contributed by atoms with Gasteiger partial charge in [-0.3, -0.25) is 9.36 Å². The van der Waals surface area contributed by atoms with Crippen LogP contribution in [0.15, 0.2) is 41.6 Å². The lowest BCUT2D eigenvalue weighted by Crippen LogP contribution is -2.42. The van der Waals surface area contributed by atoms with Crippen LogP contribution in [-0.2, 0) is 4.79 Å². The molecule has 1 fully saturated rings. The molecule has 4 aromatic heterocycles. The number of hydrogen-bond acceptors (Lipinski definition) is 5. The van der Waals surface area contributed by atoms with Crippen molar-refractivity contribution in [2.45, 2.75) is 32.7 Å². The van der Waals surface area contributed by atoms with E-state index in [9.17, 15) is 9.59 Å². The van der Waals surface area contributed by atoms with Crippen molar-refractivity contribution in [3.63, 3.8) is 0 Å². The molecule has 1 aliphatic rings. The van der Waals surface area contributed by atoms with E-state index in [1.54, 1.807) is 21.5 Å². The van der Waals surface area contributed by atoms with Crippen molar-refractivity contribution < 1.29 is 4.79 Å². The first-order valence-corrected chi connectivity index (χ1v) is 10.2. The molecule has 5 heterocycles. The second-order valence-electron chi connectivity index (χ2n) is 8.03. The van der Waals surface area contributed by atoms with Crippen molar-refractivity contribution in [2.24, 2.45) is 5.92 Å². The Morgan fingerprint density at radius 1 is 1.20 bits per heavy atom. The van der Waals surface area contributed by atoms with Gasteiger partial charge in [-0.25, -0.2) is 19.3 Å². The fourth-order valence-corrected chi connectivity index (χ4v) is 4.20. The minimum atomic E-state index is -0.190. The molecule has 1 N–H and O–H groups in total. The maximum absolute atomic E-state index is 12.7. The number of carbonyl (C=O) groups excluding carboxylic acids is 1. The highest BCUT2D eigenvalue weighted by Crippen LogP contribution is 2.27. The number of likely N-dealkylation sites (tertiary alicyclic amines) is 1. The van der Waals surface area contributed by atoms with E-state index in [1.807, 2.05) is 43.1 Å². The van der Waals surface area contributed by atoms with E-state index in [1.165, 1.54) is 0 Å². The summed E-state index contributed by atoms with van der Waals surface area (Å²) in [7, 11) is 0. The van der Waals surface area contributed by atoms with Gasteiger partial charge in [0, 0.05) is 31.2 Å². The Labute approximate surface area is 172 Å². The van der Waals surface area contributed by atoms with Crippen molar-refractivity contribution in [3.05, 3.63) is 47.3 Å². The number of nitrogens with one attached hydrogen (secondary N) is 1. The van der Waals surface area contributed by atoms with Crippen LogP contribution in [0.2, 0.25) is 0 Å². The van der Waals surface area contributed by atoms with Crippen LogP contribution < -0.4 is 5.69 Å². The van der Waals surface area contributed by atoms with Gasteiger partial charge >= 0.3 is 5.69 Å². The maximum atomic E-state index is 12.7. The Balaban J connectivity index is 1.51. The molecule has 1 saturated heterocycles. The summed E-state index contributed by atoms with van der Waals surface area (Å²) in [5.41, 5.74) is 2.73. The van der Waals surface area contributed by atoms with Gasteiger partial charge in [0.25, 0.3) is 0 Å². The van der Waals surface area contributed by atoms with Crippen LogP contribution in [0.5, 0.6) is 0 Å². The number of hydrogen-bond donors (Lipinski definition) is 1. The summed E-state index contributed by atoms with van der Waals surface area (Å²) >= 11 is 0. The molecular formula is C21H23N7O2. The zero-order valence-electron chi connectivity index (χ0n) is 16.9. The first kappa shape index (κ1) is 18.5. The number of rotatable bonds is 3. The van der Waals surface area contributed by atoms with Crippen molar-refractivity contribution in [1.29, 1.82) is 0 Å². The van der Waals surface area contributed by atoms with Crippen molar-refractivity contribution in [2.75, 3.05) is 13.1 Å². The summed E-state index contributed by atoms with van der Waals surface area (Å²) in [5.74, 6) is 0.680. The van der Waals surface area contributed by atoms with Gasteiger partial charge in [-0.05, 0) is 25.0 Å². The highest BCUT2D eigenvalue weighted by atomic mass is 16.2.